The molecule has 22 heavy (non-hydrogen) atoms. The highest BCUT2D eigenvalue weighted by Gasteiger charge is 2.33. The number of benzene rings is 1. The molecule has 4 rings (SSSR count). The summed E-state index contributed by atoms with van der Waals surface area (Å²) in [6.45, 7) is 2.63. The number of rotatable bonds is 4. The van der Waals surface area contributed by atoms with E-state index in [9.17, 15) is 0 Å². The van der Waals surface area contributed by atoms with Crippen molar-refractivity contribution >= 4 is 11.6 Å². The highest BCUT2D eigenvalue weighted by Crippen LogP contribution is 2.30. The maximum atomic E-state index is 6.19. The number of aromatic nitrogens is 2. The van der Waals surface area contributed by atoms with E-state index < -0.39 is 0 Å². The van der Waals surface area contributed by atoms with Gasteiger partial charge in [0, 0.05) is 24.7 Å². The lowest BCUT2D eigenvalue weighted by Crippen LogP contribution is -2.44. The molecule has 1 aliphatic rings. The molecule has 3 aromatic rings. The van der Waals surface area contributed by atoms with Crippen molar-refractivity contribution in [2.24, 2.45) is 0 Å². The van der Waals surface area contributed by atoms with Crippen LogP contribution in [0.2, 0.25) is 5.02 Å². The zero-order valence-corrected chi connectivity index (χ0v) is 12.5. The lowest BCUT2D eigenvalue weighted by Gasteiger charge is -2.37. The molecule has 0 radical (unpaired) electrons. The Hall–Kier alpha value is -2.11. The summed E-state index contributed by atoms with van der Waals surface area (Å²) in [6.07, 6.45) is 1.60. The van der Waals surface area contributed by atoms with Gasteiger partial charge in [-0.15, -0.1) is 0 Å². The molecule has 0 atom stereocenters. The Morgan fingerprint density at radius 1 is 1.18 bits per heavy atom. The van der Waals surface area contributed by atoms with Gasteiger partial charge in [0.2, 0.25) is 11.7 Å². The van der Waals surface area contributed by atoms with Crippen molar-refractivity contribution in [2.45, 2.75) is 12.5 Å². The summed E-state index contributed by atoms with van der Waals surface area (Å²) in [5, 5.41) is 4.77. The highest BCUT2D eigenvalue weighted by atomic mass is 35.5. The minimum absolute atomic E-state index is 0.277. The summed E-state index contributed by atoms with van der Waals surface area (Å²) in [5.41, 5.74) is 1.14. The zero-order chi connectivity index (χ0) is 14.9. The quantitative estimate of drug-likeness (QED) is 0.736. The fraction of sp³-hybridized carbons (Fsp3) is 0.250. The molecule has 0 saturated carbocycles. The predicted octanol–water partition coefficient (Wildman–Crippen LogP) is 3.58. The third-order valence-electron chi connectivity index (χ3n) is 3.84. The SMILES string of the molecule is Clc1ccccc1CN1CC(c2nc(-c3ccco3)no2)C1. The van der Waals surface area contributed by atoms with E-state index in [2.05, 4.69) is 21.1 Å². The van der Waals surface area contributed by atoms with E-state index in [1.807, 2.05) is 24.3 Å². The second-order valence-corrected chi connectivity index (χ2v) is 5.82. The molecular formula is C16H14ClN3O2. The number of likely N-dealkylation sites (tertiary alicyclic amines) is 1. The van der Waals surface area contributed by atoms with Crippen LogP contribution >= 0.6 is 11.6 Å². The topological polar surface area (TPSA) is 55.3 Å². The van der Waals surface area contributed by atoms with Crippen molar-refractivity contribution in [3.8, 4) is 11.6 Å². The Morgan fingerprint density at radius 2 is 2.05 bits per heavy atom. The monoisotopic (exact) mass is 315 g/mol. The molecule has 1 saturated heterocycles. The second-order valence-electron chi connectivity index (χ2n) is 5.42. The van der Waals surface area contributed by atoms with E-state index >= 15 is 0 Å². The minimum Gasteiger partial charge on any atom is -0.461 e. The molecule has 1 fully saturated rings. The molecule has 1 aliphatic heterocycles. The van der Waals surface area contributed by atoms with Gasteiger partial charge in [-0.25, -0.2) is 0 Å². The van der Waals surface area contributed by atoms with E-state index in [1.54, 1.807) is 12.3 Å². The van der Waals surface area contributed by atoms with Gasteiger partial charge in [0.05, 0.1) is 12.2 Å². The third-order valence-corrected chi connectivity index (χ3v) is 4.21. The van der Waals surface area contributed by atoms with E-state index in [0.717, 1.165) is 30.2 Å². The zero-order valence-electron chi connectivity index (χ0n) is 11.8. The van der Waals surface area contributed by atoms with Gasteiger partial charge in [0.1, 0.15) is 0 Å². The summed E-state index contributed by atoms with van der Waals surface area (Å²) >= 11 is 6.19. The van der Waals surface area contributed by atoms with Gasteiger partial charge in [-0.05, 0) is 23.8 Å². The van der Waals surface area contributed by atoms with E-state index in [1.165, 1.54) is 0 Å². The van der Waals surface area contributed by atoms with E-state index in [4.69, 9.17) is 20.5 Å². The molecule has 1 aromatic carbocycles. The molecule has 0 spiro atoms. The van der Waals surface area contributed by atoms with Crippen LogP contribution in [0.15, 0.2) is 51.6 Å². The molecule has 0 aliphatic carbocycles. The van der Waals surface area contributed by atoms with Gasteiger partial charge in [0.25, 0.3) is 0 Å². The molecule has 3 heterocycles. The summed E-state index contributed by atoms with van der Waals surface area (Å²) in [7, 11) is 0. The lowest BCUT2D eigenvalue weighted by atomic mass is 9.99. The van der Waals surface area contributed by atoms with Crippen LogP contribution in [0.1, 0.15) is 17.4 Å². The van der Waals surface area contributed by atoms with Crippen LogP contribution in [0, 0.1) is 0 Å². The largest absolute Gasteiger partial charge is 0.461 e. The maximum Gasteiger partial charge on any atom is 0.238 e. The summed E-state index contributed by atoms with van der Waals surface area (Å²) < 4.78 is 10.6. The number of furan rings is 1. The smallest absolute Gasteiger partial charge is 0.238 e. The Labute approximate surface area is 132 Å². The Kier molecular flexibility index (Phi) is 3.44. The molecule has 112 valence electrons. The summed E-state index contributed by atoms with van der Waals surface area (Å²) in [5.74, 6) is 2.08. The number of halogens is 1. The Morgan fingerprint density at radius 3 is 2.82 bits per heavy atom. The number of nitrogens with zero attached hydrogens (tertiary/aromatic N) is 3. The first-order chi connectivity index (χ1) is 10.8. The molecular weight excluding hydrogens is 302 g/mol. The van der Waals surface area contributed by atoms with Crippen molar-refractivity contribution in [3.63, 3.8) is 0 Å². The van der Waals surface area contributed by atoms with Crippen LogP contribution in [0.3, 0.4) is 0 Å². The standard InChI is InChI=1S/C16H14ClN3O2/c17-13-5-2-1-4-11(13)8-20-9-12(10-20)16-18-15(19-22-16)14-6-3-7-21-14/h1-7,12H,8-10H2. The first-order valence-electron chi connectivity index (χ1n) is 7.13. The van der Waals surface area contributed by atoms with Crippen molar-refractivity contribution < 1.29 is 8.94 Å². The van der Waals surface area contributed by atoms with Crippen LogP contribution in [0.25, 0.3) is 11.6 Å². The van der Waals surface area contributed by atoms with Crippen LogP contribution in [0.4, 0.5) is 0 Å². The molecule has 0 bridgehead atoms. The third kappa shape index (κ3) is 2.53. The van der Waals surface area contributed by atoms with E-state index in [0.29, 0.717) is 17.5 Å². The van der Waals surface area contributed by atoms with Gasteiger partial charge in [0.15, 0.2) is 5.76 Å². The fourth-order valence-corrected chi connectivity index (χ4v) is 2.83. The van der Waals surface area contributed by atoms with Gasteiger partial charge < -0.3 is 8.94 Å². The van der Waals surface area contributed by atoms with E-state index in [-0.39, 0.29) is 5.92 Å². The van der Waals surface area contributed by atoms with Gasteiger partial charge >= 0.3 is 0 Å². The summed E-state index contributed by atoms with van der Waals surface area (Å²) in [4.78, 5) is 6.72. The van der Waals surface area contributed by atoms with Crippen molar-refractivity contribution in [2.75, 3.05) is 13.1 Å². The Balaban J connectivity index is 1.38. The normalized spacial score (nSPS) is 15.9. The van der Waals surface area contributed by atoms with Gasteiger partial charge in [-0.2, -0.15) is 4.98 Å². The van der Waals surface area contributed by atoms with Crippen LogP contribution in [-0.2, 0) is 6.54 Å². The van der Waals surface area contributed by atoms with Crippen molar-refractivity contribution in [3.05, 3.63) is 59.1 Å². The number of hydrogen-bond donors (Lipinski definition) is 0. The molecule has 0 amide bonds. The first kappa shape index (κ1) is 13.5. The molecule has 0 N–H and O–H groups in total. The average molecular weight is 316 g/mol. The van der Waals surface area contributed by atoms with Gasteiger partial charge in [-0.3, -0.25) is 4.90 Å². The predicted molar refractivity (Wildman–Crippen MR) is 81.5 cm³/mol. The van der Waals surface area contributed by atoms with Crippen molar-refractivity contribution in [1.29, 1.82) is 0 Å². The molecule has 2 aromatic heterocycles. The number of hydrogen-bond acceptors (Lipinski definition) is 5. The van der Waals surface area contributed by atoms with Gasteiger partial charge in [-0.1, -0.05) is 35.0 Å². The van der Waals surface area contributed by atoms with Crippen molar-refractivity contribution in [1.82, 2.24) is 15.0 Å². The summed E-state index contributed by atoms with van der Waals surface area (Å²) in [6, 6.07) is 11.5. The fourth-order valence-electron chi connectivity index (χ4n) is 2.63. The maximum absolute atomic E-state index is 6.19. The molecule has 0 unspecified atom stereocenters. The van der Waals surface area contributed by atoms with Crippen LogP contribution in [-0.4, -0.2) is 28.1 Å². The molecule has 5 nitrogen and oxygen atoms in total. The van der Waals surface area contributed by atoms with Crippen LogP contribution < -0.4 is 0 Å². The highest BCUT2D eigenvalue weighted by molar-refractivity contribution is 6.31. The minimum atomic E-state index is 0.277. The Bertz CT molecular complexity index is 763. The lowest BCUT2D eigenvalue weighted by molar-refractivity contribution is 0.117. The average Bonchev–Trinajstić information content (AvgIpc) is 3.15. The second kappa shape index (κ2) is 5.59. The molecule has 6 heteroatoms. The first-order valence-corrected chi connectivity index (χ1v) is 7.50. The van der Waals surface area contributed by atoms with Crippen LogP contribution in [0.5, 0.6) is 0 Å².